The number of halogens is 2. The van der Waals surface area contributed by atoms with E-state index in [4.69, 9.17) is 23.2 Å². The lowest BCUT2D eigenvalue weighted by atomic mass is 10.1. The van der Waals surface area contributed by atoms with Gasteiger partial charge < -0.3 is 5.32 Å². The van der Waals surface area contributed by atoms with E-state index in [2.05, 4.69) is 10.3 Å². The van der Waals surface area contributed by atoms with Crippen molar-refractivity contribution in [3.63, 3.8) is 0 Å². The summed E-state index contributed by atoms with van der Waals surface area (Å²) in [6.45, 7) is 5.74. The van der Waals surface area contributed by atoms with Crippen molar-refractivity contribution in [2.24, 2.45) is 5.41 Å². The quantitative estimate of drug-likeness (QED) is 0.711. The second-order valence-corrected chi connectivity index (χ2v) is 9.66. The number of nitrogens with zero attached hydrogens (tertiary/aromatic N) is 1. The van der Waals surface area contributed by atoms with Gasteiger partial charge in [-0.15, -0.1) is 34.5 Å². The summed E-state index contributed by atoms with van der Waals surface area (Å²) in [4.78, 5) is 17.9. The van der Waals surface area contributed by atoms with Crippen molar-refractivity contribution in [1.29, 1.82) is 0 Å². The molecule has 1 fully saturated rings. The van der Waals surface area contributed by atoms with Crippen LogP contribution in [0.2, 0.25) is 0 Å². The van der Waals surface area contributed by atoms with Crippen molar-refractivity contribution in [2.45, 2.75) is 40.8 Å². The summed E-state index contributed by atoms with van der Waals surface area (Å²) in [6, 6.07) is 5.93. The number of rotatable bonds is 4. The Bertz CT molecular complexity index is 775. The molecule has 122 valence electrons. The Morgan fingerprint density at radius 2 is 2.09 bits per heavy atom. The zero-order valence-corrected chi connectivity index (χ0v) is 16.1. The van der Waals surface area contributed by atoms with E-state index in [0.29, 0.717) is 6.42 Å². The minimum atomic E-state index is -0.955. The highest BCUT2D eigenvalue weighted by Crippen LogP contribution is 2.64. The Morgan fingerprint density at radius 1 is 1.39 bits per heavy atom. The number of anilines is 1. The number of thiazole rings is 1. The van der Waals surface area contributed by atoms with E-state index >= 15 is 0 Å². The zero-order chi connectivity index (χ0) is 16.8. The van der Waals surface area contributed by atoms with Gasteiger partial charge in [0, 0.05) is 21.7 Å². The highest BCUT2D eigenvalue weighted by atomic mass is 35.5. The van der Waals surface area contributed by atoms with Crippen molar-refractivity contribution < 1.29 is 4.79 Å². The van der Waals surface area contributed by atoms with E-state index in [-0.39, 0.29) is 5.91 Å². The van der Waals surface area contributed by atoms with Crippen molar-refractivity contribution in [2.75, 3.05) is 5.32 Å². The van der Waals surface area contributed by atoms with Gasteiger partial charge in [-0.25, -0.2) is 4.98 Å². The number of carbonyl (C=O) groups excluding carboxylic acids is 1. The van der Waals surface area contributed by atoms with Crippen LogP contribution in [0.25, 0.3) is 0 Å². The lowest BCUT2D eigenvalue weighted by Crippen LogP contribution is -2.26. The number of alkyl halides is 2. The summed E-state index contributed by atoms with van der Waals surface area (Å²) < 4.78 is 0.0574. The predicted molar refractivity (Wildman–Crippen MR) is 97.9 cm³/mol. The van der Waals surface area contributed by atoms with Crippen LogP contribution in [0.4, 0.5) is 5.69 Å². The third-order valence-corrected chi connectivity index (χ3v) is 7.16. The number of aromatic nitrogens is 1. The highest BCUT2D eigenvalue weighted by Gasteiger charge is 2.67. The van der Waals surface area contributed by atoms with Gasteiger partial charge in [-0.3, -0.25) is 4.79 Å². The SMILES string of the molecule is Cc1csc(Sc2ccc(NC(=O)[C@]3(C)CC3(Cl)Cl)c(C)c2)n1. The molecular weight excluding hydrogens is 371 g/mol. The van der Waals surface area contributed by atoms with Gasteiger partial charge in [0.1, 0.15) is 4.33 Å². The number of aryl methyl sites for hydroxylation is 2. The van der Waals surface area contributed by atoms with E-state index in [9.17, 15) is 4.79 Å². The molecule has 0 bridgehead atoms. The van der Waals surface area contributed by atoms with Crippen LogP contribution in [0, 0.1) is 19.3 Å². The monoisotopic (exact) mass is 386 g/mol. The molecule has 1 aromatic carbocycles. The molecule has 0 aliphatic heterocycles. The molecule has 1 heterocycles. The molecule has 3 nitrogen and oxygen atoms in total. The molecule has 1 N–H and O–H groups in total. The van der Waals surface area contributed by atoms with Gasteiger partial charge in [0.15, 0.2) is 4.34 Å². The second kappa shape index (κ2) is 5.96. The number of carbonyl (C=O) groups is 1. The van der Waals surface area contributed by atoms with E-state index in [1.807, 2.05) is 37.4 Å². The molecular formula is C16H16Cl2N2OS2. The first-order valence-corrected chi connectivity index (χ1v) is 9.56. The van der Waals surface area contributed by atoms with Gasteiger partial charge in [0.05, 0.1) is 5.41 Å². The molecule has 1 aliphatic rings. The molecule has 1 amide bonds. The molecule has 0 saturated heterocycles. The van der Waals surface area contributed by atoms with Gasteiger partial charge in [0.25, 0.3) is 0 Å². The first kappa shape index (κ1) is 17.1. The molecule has 3 rings (SSSR count). The van der Waals surface area contributed by atoms with Crippen LogP contribution >= 0.6 is 46.3 Å². The van der Waals surface area contributed by atoms with Crippen LogP contribution < -0.4 is 5.32 Å². The predicted octanol–water partition coefficient (Wildman–Crippen LogP) is 5.43. The van der Waals surface area contributed by atoms with Gasteiger partial charge in [-0.05, 0) is 51.0 Å². The van der Waals surface area contributed by atoms with E-state index < -0.39 is 9.75 Å². The Balaban J connectivity index is 1.71. The molecule has 1 atom stereocenters. The first-order chi connectivity index (χ1) is 10.7. The molecule has 7 heteroatoms. The molecule has 0 radical (unpaired) electrons. The fraction of sp³-hybridized carbons (Fsp3) is 0.375. The van der Waals surface area contributed by atoms with Gasteiger partial charge in [0.2, 0.25) is 5.91 Å². The van der Waals surface area contributed by atoms with Crippen LogP contribution in [-0.2, 0) is 4.79 Å². The number of hydrogen-bond donors (Lipinski definition) is 1. The molecule has 1 aliphatic carbocycles. The minimum Gasteiger partial charge on any atom is -0.325 e. The van der Waals surface area contributed by atoms with E-state index in [1.54, 1.807) is 30.0 Å². The first-order valence-electron chi connectivity index (χ1n) is 7.11. The molecule has 1 saturated carbocycles. The Morgan fingerprint density at radius 3 is 2.61 bits per heavy atom. The summed E-state index contributed by atoms with van der Waals surface area (Å²) in [5.41, 5.74) is 2.10. The van der Waals surface area contributed by atoms with E-state index in [0.717, 1.165) is 26.2 Å². The Kier molecular flexibility index (Phi) is 4.42. The Labute approximate surface area is 153 Å². The topological polar surface area (TPSA) is 42.0 Å². The van der Waals surface area contributed by atoms with Crippen LogP contribution in [-0.4, -0.2) is 15.2 Å². The molecule has 1 aromatic heterocycles. The third kappa shape index (κ3) is 3.38. The van der Waals surface area contributed by atoms with Crippen LogP contribution in [0.15, 0.2) is 32.8 Å². The zero-order valence-electron chi connectivity index (χ0n) is 12.9. The lowest BCUT2D eigenvalue weighted by Gasteiger charge is -2.14. The number of hydrogen-bond acceptors (Lipinski definition) is 4. The molecule has 0 unspecified atom stereocenters. The standard InChI is InChI=1S/C16H16Cl2N2OS2/c1-9-6-11(23-14-19-10(2)7-22-14)4-5-12(9)20-13(21)15(3)8-16(15,17)18/h4-7H,8H2,1-3H3,(H,20,21)/t15-/m0/s1. The fourth-order valence-electron chi connectivity index (χ4n) is 2.23. The maximum atomic E-state index is 12.3. The molecule has 0 spiro atoms. The number of benzene rings is 1. The maximum Gasteiger partial charge on any atom is 0.233 e. The lowest BCUT2D eigenvalue weighted by molar-refractivity contribution is -0.120. The molecule has 2 aromatic rings. The minimum absolute atomic E-state index is 0.137. The average Bonchev–Trinajstić information content (AvgIpc) is 2.78. The molecule has 23 heavy (non-hydrogen) atoms. The third-order valence-electron chi connectivity index (χ3n) is 4.01. The summed E-state index contributed by atoms with van der Waals surface area (Å²) in [5.74, 6) is -0.137. The summed E-state index contributed by atoms with van der Waals surface area (Å²) in [5, 5.41) is 4.97. The second-order valence-electron chi connectivity index (χ2n) is 6.00. The van der Waals surface area contributed by atoms with Crippen molar-refractivity contribution >= 4 is 57.9 Å². The smallest absolute Gasteiger partial charge is 0.233 e. The number of amides is 1. The highest BCUT2D eigenvalue weighted by molar-refractivity contribution is 8.01. The normalized spacial score (nSPS) is 22.0. The van der Waals surface area contributed by atoms with Crippen molar-refractivity contribution in [3.05, 3.63) is 34.8 Å². The van der Waals surface area contributed by atoms with Crippen molar-refractivity contribution in [1.82, 2.24) is 4.98 Å². The largest absolute Gasteiger partial charge is 0.325 e. The van der Waals surface area contributed by atoms with Gasteiger partial charge in [-0.2, -0.15) is 0 Å². The maximum absolute atomic E-state index is 12.3. The van der Waals surface area contributed by atoms with Crippen LogP contribution in [0.5, 0.6) is 0 Å². The summed E-state index contributed by atoms with van der Waals surface area (Å²) >= 11 is 15.4. The summed E-state index contributed by atoms with van der Waals surface area (Å²) in [6.07, 6.45) is 0.478. The van der Waals surface area contributed by atoms with Gasteiger partial charge >= 0.3 is 0 Å². The van der Waals surface area contributed by atoms with E-state index in [1.165, 1.54) is 0 Å². The number of nitrogens with one attached hydrogen (secondary N) is 1. The Hall–Kier alpha value is -0.750. The van der Waals surface area contributed by atoms with Crippen LogP contribution in [0.1, 0.15) is 24.6 Å². The van der Waals surface area contributed by atoms with Crippen molar-refractivity contribution in [3.8, 4) is 0 Å². The fourth-order valence-corrected chi connectivity index (χ4v) is 4.84. The van der Waals surface area contributed by atoms with Crippen LogP contribution in [0.3, 0.4) is 0 Å². The summed E-state index contributed by atoms with van der Waals surface area (Å²) in [7, 11) is 0. The average molecular weight is 387 g/mol. The van der Waals surface area contributed by atoms with Gasteiger partial charge in [-0.1, -0.05) is 11.8 Å².